The predicted molar refractivity (Wildman–Crippen MR) is 94.8 cm³/mol. The molecule has 0 radical (unpaired) electrons. The molecule has 5 heteroatoms. The Bertz CT molecular complexity index is 763. The van der Waals surface area contributed by atoms with Gasteiger partial charge in [0, 0.05) is 17.8 Å². The van der Waals surface area contributed by atoms with Crippen LogP contribution in [0, 0.1) is 5.92 Å². The van der Waals surface area contributed by atoms with E-state index < -0.39 is 0 Å². The van der Waals surface area contributed by atoms with Crippen molar-refractivity contribution in [2.45, 2.75) is 58.0 Å². The molecule has 0 saturated heterocycles. The van der Waals surface area contributed by atoms with Crippen molar-refractivity contribution in [2.24, 2.45) is 5.92 Å². The summed E-state index contributed by atoms with van der Waals surface area (Å²) in [4.78, 5) is 24.8. The summed E-state index contributed by atoms with van der Waals surface area (Å²) in [5, 5.41) is 8.85. The van der Waals surface area contributed by atoms with E-state index in [2.05, 4.69) is 10.4 Å². The van der Waals surface area contributed by atoms with Gasteiger partial charge in [0.2, 0.25) is 5.91 Å². The van der Waals surface area contributed by atoms with Gasteiger partial charge in [-0.3, -0.25) is 9.59 Å². The summed E-state index contributed by atoms with van der Waals surface area (Å²) in [5.74, 6) is 0.631. The van der Waals surface area contributed by atoms with Gasteiger partial charge in [0.15, 0.2) is 0 Å². The second-order valence-electron chi connectivity index (χ2n) is 6.75. The number of fused-ring (bicyclic) bond motifs is 1. The van der Waals surface area contributed by atoms with Crippen molar-refractivity contribution < 1.29 is 4.79 Å². The van der Waals surface area contributed by atoms with E-state index in [4.69, 9.17) is 0 Å². The van der Waals surface area contributed by atoms with Gasteiger partial charge in [-0.25, -0.2) is 4.68 Å². The average molecular weight is 327 g/mol. The lowest BCUT2D eigenvalue weighted by molar-refractivity contribution is -0.122. The number of rotatable bonds is 6. The van der Waals surface area contributed by atoms with E-state index in [1.165, 1.54) is 17.5 Å². The molecule has 0 bridgehead atoms. The van der Waals surface area contributed by atoms with Gasteiger partial charge in [-0.05, 0) is 31.2 Å². The van der Waals surface area contributed by atoms with Gasteiger partial charge in [0.1, 0.15) is 0 Å². The summed E-state index contributed by atoms with van der Waals surface area (Å²) in [6.45, 7) is 2.43. The van der Waals surface area contributed by atoms with Crippen LogP contribution < -0.4 is 10.9 Å². The highest BCUT2D eigenvalue weighted by Gasteiger charge is 2.20. The maximum Gasteiger partial charge on any atom is 0.274 e. The summed E-state index contributed by atoms with van der Waals surface area (Å²) in [6.07, 6.45) is 7.90. The lowest BCUT2D eigenvalue weighted by Gasteiger charge is -2.19. The zero-order valence-electron chi connectivity index (χ0n) is 14.2. The summed E-state index contributed by atoms with van der Waals surface area (Å²) in [5.41, 5.74) is -0.100. The third kappa shape index (κ3) is 3.83. The molecule has 0 spiro atoms. The third-order valence-electron chi connectivity index (χ3n) is 4.96. The highest BCUT2D eigenvalue weighted by molar-refractivity contribution is 5.80. The molecule has 5 nitrogen and oxygen atoms in total. The van der Waals surface area contributed by atoms with E-state index in [-0.39, 0.29) is 17.5 Å². The fourth-order valence-electron chi connectivity index (χ4n) is 3.51. The summed E-state index contributed by atoms with van der Waals surface area (Å²) >= 11 is 0. The fraction of sp³-hybridized carbons (Fsp3) is 0.526. The minimum atomic E-state index is -0.100. The molecule has 1 atom stereocenters. The molecule has 1 aromatic heterocycles. The highest BCUT2D eigenvalue weighted by atomic mass is 16.2. The van der Waals surface area contributed by atoms with Crippen molar-refractivity contribution >= 4 is 16.7 Å². The summed E-state index contributed by atoms with van der Waals surface area (Å²) < 4.78 is 1.46. The Balaban J connectivity index is 1.67. The van der Waals surface area contributed by atoms with Crippen LogP contribution in [-0.4, -0.2) is 21.7 Å². The second kappa shape index (κ2) is 7.60. The first kappa shape index (κ1) is 16.7. The maximum absolute atomic E-state index is 12.5. The first-order valence-corrected chi connectivity index (χ1v) is 8.91. The van der Waals surface area contributed by atoms with Gasteiger partial charge in [-0.2, -0.15) is 5.10 Å². The van der Waals surface area contributed by atoms with Gasteiger partial charge in [-0.15, -0.1) is 0 Å². The number of amides is 1. The molecular formula is C19H25N3O2. The van der Waals surface area contributed by atoms with E-state index in [0.29, 0.717) is 24.3 Å². The number of hydrogen-bond donors (Lipinski definition) is 1. The minimum Gasteiger partial charge on any atom is -0.352 e. The molecule has 3 rings (SSSR count). The van der Waals surface area contributed by atoms with Crippen molar-refractivity contribution in [1.82, 2.24) is 15.1 Å². The van der Waals surface area contributed by atoms with Crippen LogP contribution >= 0.6 is 0 Å². The number of hydrogen-bond acceptors (Lipinski definition) is 3. The second-order valence-corrected chi connectivity index (χ2v) is 6.75. The fourth-order valence-corrected chi connectivity index (χ4v) is 3.51. The zero-order chi connectivity index (χ0) is 16.9. The van der Waals surface area contributed by atoms with Crippen molar-refractivity contribution in [2.75, 3.05) is 0 Å². The van der Waals surface area contributed by atoms with Crippen molar-refractivity contribution in [3.63, 3.8) is 0 Å². The normalized spacial score (nSPS) is 16.4. The zero-order valence-corrected chi connectivity index (χ0v) is 14.2. The van der Waals surface area contributed by atoms with Gasteiger partial charge in [-0.1, -0.05) is 38.0 Å². The Kier molecular flexibility index (Phi) is 5.28. The quantitative estimate of drug-likeness (QED) is 0.887. The van der Waals surface area contributed by atoms with Crippen LogP contribution in [0.15, 0.2) is 35.3 Å². The van der Waals surface area contributed by atoms with Crippen LogP contribution in [0.2, 0.25) is 0 Å². The Morgan fingerprint density at radius 1 is 1.33 bits per heavy atom. The minimum absolute atomic E-state index is 0.0646. The smallest absolute Gasteiger partial charge is 0.274 e. The topological polar surface area (TPSA) is 64.0 Å². The molecule has 1 fully saturated rings. The molecule has 0 unspecified atom stereocenters. The Morgan fingerprint density at radius 3 is 2.83 bits per heavy atom. The lowest BCUT2D eigenvalue weighted by Crippen LogP contribution is -2.41. The van der Waals surface area contributed by atoms with Crippen LogP contribution in [-0.2, 0) is 11.3 Å². The van der Waals surface area contributed by atoms with Gasteiger partial charge in [0.25, 0.3) is 5.56 Å². The van der Waals surface area contributed by atoms with Gasteiger partial charge in [0.05, 0.1) is 18.1 Å². The molecule has 1 saturated carbocycles. The van der Waals surface area contributed by atoms with Crippen molar-refractivity contribution in [1.29, 1.82) is 0 Å². The molecule has 1 N–H and O–H groups in total. The highest BCUT2D eigenvalue weighted by Crippen LogP contribution is 2.27. The molecule has 2 aromatic rings. The summed E-state index contributed by atoms with van der Waals surface area (Å²) in [7, 11) is 0. The molecule has 1 aliphatic rings. The van der Waals surface area contributed by atoms with Crippen LogP contribution in [0.5, 0.6) is 0 Å². The van der Waals surface area contributed by atoms with Gasteiger partial charge < -0.3 is 5.32 Å². The monoisotopic (exact) mass is 327 g/mol. The molecule has 0 aliphatic heterocycles. The van der Waals surface area contributed by atoms with Crippen LogP contribution in [0.25, 0.3) is 10.8 Å². The number of carbonyl (C=O) groups is 1. The van der Waals surface area contributed by atoms with Crippen molar-refractivity contribution in [3.05, 3.63) is 40.8 Å². The molecule has 1 aliphatic carbocycles. The molecular weight excluding hydrogens is 302 g/mol. The largest absolute Gasteiger partial charge is 0.352 e. The first-order valence-electron chi connectivity index (χ1n) is 8.91. The van der Waals surface area contributed by atoms with Crippen LogP contribution in [0.1, 0.15) is 45.4 Å². The number of benzene rings is 1. The standard InChI is InChI=1S/C19H25N3O2/c1-2-16(21-18(23)11-14-7-3-4-8-14)13-22-19(24)17-10-6-5-9-15(17)12-20-22/h5-6,9-10,12,14,16H,2-4,7-8,11,13H2,1H3,(H,21,23)/t16-/m0/s1. The van der Waals surface area contributed by atoms with E-state index in [1.54, 1.807) is 6.20 Å². The number of nitrogens with one attached hydrogen (secondary N) is 1. The van der Waals surface area contributed by atoms with E-state index in [0.717, 1.165) is 24.6 Å². The van der Waals surface area contributed by atoms with Crippen LogP contribution in [0.3, 0.4) is 0 Å². The molecule has 128 valence electrons. The molecule has 1 amide bonds. The Labute approximate surface area is 142 Å². The molecule has 1 heterocycles. The Morgan fingerprint density at radius 2 is 2.08 bits per heavy atom. The molecule has 1 aromatic carbocycles. The lowest BCUT2D eigenvalue weighted by atomic mass is 10.0. The van der Waals surface area contributed by atoms with Gasteiger partial charge >= 0.3 is 0 Å². The number of nitrogens with zero attached hydrogens (tertiary/aromatic N) is 2. The molecule has 24 heavy (non-hydrogen) atoms. The predicted octanol–water partition coefficient (Wildman–Crippen LogP) is 2.87. The number of aromatic nitrogens is 2. The van der Waals surface area contributed by atoms with E-state index in [9.17, 15) is 9.59 Å². The SMILES string of the molecule is CC[C@@H](Cn1ncc2ccccc2c1=O)NC(=O)CC1CCCC1. The Hall–Kier alpha value is -2.17. The van der Waals surface area contributed by atoms with E-state index in [1.807, 2.05) is 31.2 Å². The van der Waals surface area contributed by atoms with Crippen molar-refractivity contribution in [3.8, 4) is 0 Å². The average Bonchev–Trinajstić information content (AvgIpc) is 3.09. The third-order valence-corrected chi connectivity index (χ3v) is 4.96. The van der Waals surface area contributed by atoms with E-state index >= 15 is 0 Å². The summed E-state index contributed by atoms with van der Waals surface area (Å²) in [6, 6.07) is 7.38. The first-order chi connectivity index (χ1) is 11.7. The van der Waals surface area contributed by atoms with Crippen LogP contribution in [0.4, 0.5) is 0 Å². The number of carbonyl (C=O) groups excluding carboxylic acids is 1. The maximum atomic E-state index is 12.5.